The van der Waals surface area contributed by atoms with Crippen LogP contribution >= 0.6 is 0 Å². The number of methoxy groups -OCH3 is 1. The van der Waals surface area contributed by atoms with Crippen molar-refractivity contribution >= 4 is 27.7 Å². The maximum atomic E-state index is 12.8. The van der Waals surface area contributed by atoms with E-state index in [1.807, 2.05) is 47.0 Å². The molecule has 0 bridgehead atoms. The highest BCUT2D eigenvalue weighted by Gasteiger charge is 2.12. The van der Waals surface area contributed by atoms with Gasteiger partial charge in [-0.25, -0.2) is 4.98 Å². The highest BCUT2D eigenvalue weighted by molar-refractivity contribution is 5.94. The molecule has 0 aliphatic rings. The molecule has 1 amide bonds. The maximum Gasteiger partial charge on any atom is 0.240 e. The number of ether oxygens (including phenoxy) is 1. The van der Waals surface area contributed by atoms with Crippen LogP contribution in [0.4, 0.5) is 0 Å². The van der Waals surface area contributed by atoms with Crippen LogP contribution in [0.15, 0.2) is 71.7 Å². The van der Waals surface area contributed by atoms with Gasteiger partial charge in [0.2, 0.25) is 11.8 Å². The number of rotatable bonds is 5. The Kier molecular flexibility index (Phi) is 4.76. The van der Waals surface area contributed by atoms with Crippen LogP contribution < -0.4 is 15.5 Å². The second-order valence-electron chi connectivity index (χ2n) is 6.43. The van der Waals surface area contributed by atoms with Gasteiger partial charge in [-0.3, -0.25) is 9.59 Å². The van der Waals surface area contributed by atoms with Gasteiger partial charge in [0.05, 0.1) is 18.1 Å². The number of hydrogen-bond acceptors (Lipinski definition) is 4. The molecule has 0 radical (unpaired) electrons. The van der Waals surface area contributed by atoms with Crippen molar-refractivity contribution in [3.05, 3.63) is 82.6 Å². The topological polar surface area (TPSA) is 73.2 Å². The average Bonchev–Trinajstić information content (AvgIpc) is 2.75. The van der Waals surface area contributed by atoms with E-state index in [2.05, 4.69) is 10.3 Å². The summed E-state index contributed by atoms with van der Waals surface area (Å²) in [5.41, 5.74) is 2.36. The van der Waals surface area contributed by atoms with Crippen molar-refractivity contribution in [1.29, 1.82) is 0 Å². The fourth-order valence-electron chi connectivity index (χ4n) is 3.32. The first-order chi connectivity index (χ1) is 13.7. The van der Waals surface area contributed by atoms with Gasteiger partial charge in [0.1, 0.15) is 6.54 Å². The van der Waals surface area contributed by atoms with Gasteiger partial charge in [-0.2, -0.15) is 0 Å². The molecule has 140 valence electrons. The molecule has 0 unspecified atom stereocenters. The van der Waals surface area contributed by atoms with Crippen LogP contribution in [0, 0.1) is 0 Å². The summed E-state index contributed by atoms with van der Waals surface area (Å²) in [6, 6.07) is 18.3. The number of pyridine rings is 2. The predicted octanol–water partition coefficient (Wildman–Crippen LogP) is 2.87. The molecule has 1 N–H and O–H groups in total. The number of aromatic nitrogens is 2. The number of carbonyl (C=O) groups excluding carboxylic acids is 1. The first kappa shape index (κ1) is 17.7. The van der Waals surface area contributed by atoms with Gasteiger partial charge < -0.3 is 14.6 Å². The minimum atomic E-state index is -0.144. The van der Waals surface area contributed by atoms with Crippen LogP contribution in [-0.4, -0.2) is 22.6 Å². The van der Waals surface area contributed by atoms with E-state index in [0.29, 0.717) is 23.2 Å². The number of benzene rings is 2. The summed E-state index contributed by atoms with van der Waals surface area (Å²) in [6.45, 7) is 0.483. The lowest BCUT2D eigenvalue weighted by Gasteiger charge is -2.15. The van der Waals surface area contributed by atoms with Crippen molar-refractivity contribution in [1.82, 2.24) is 14.9 Å². The van der Waals surface area contributed by atoms with Crippen LogP contribution in [-0.2, 0) is 17.9 Å². The van der Waals surface area contributed by atoms with E-state index < -0.39 is 0 Å². The van der Waals surface area contributed by atoms with Crippen molar-refractivity contribution < 1.29 is 9.53 Å². The van der Waals surface area contributed by atoms with Crippen LogP contribution in [0.1, 0.15) is 5.56 Å². The second kappa shape index (κ2) is 7.52. The number of hydrogen-bond donors (Lipinski definition) is 1. The summed E-state index contributed by atoms with van der Waals surface area (Å²) < 4.78 is 6.99. The number of amides is 1. The number of nitrogens with zero attached hydrogens (tertiary/aromatic N) is 2. The Hall–Kier alpha value is -3.67. The third-order valence-corrected chi connectivity index (χ3v) is 4.68. The van der Waals surface area contributed by atoms with E-state index >= 15 is 0 Å². The molecule has 0 atom stereocenters. The minimum absolute atomic E-state index is 0.0215. The Bertz CT molecular complexity index is 1170. The molecule has 0 saturated heterocycles. The molecule has 0 aliphatic carbocycles. The summed E-state index contributed by atoms with van der Waals surface area (Å²) in [5.74, 6) is 0.360. The maximum absolute atomic E-state index is 12.8. The Morgan fingerprint density at radius 1 is 1.04 bits per heavy atom. The zero-order valence-electron chi connectivity index (χ0n) is 15.4. The van der Waals surface area contributed by atoms with Gasteiger partial charge in [0.25, 0.3) is 0 Å². The molecule has 4 rings (SSSR count). The fraction of sp³-hybridized carbons (Fsp3) is 0.136. The molecule has 6 nitrogen and oxygen atoms in total. The second-order valence-corrected chi connectivity index (χ2v) is 6.43. The summed E-state index contributed by atoms with van der Waals surface area (Å²) in [7, 11) is 1.55. The van der Waals surface area contributed by atoms with Crippen molar-refractivity contribution in [3.8, 4) is 5.88 Å². The normalized spacial score (nSPS) is 10.9. The van der Waals surface area contributed by atoms with E-state index in [1.54, 1.807) is 31.5 Å². The molecular formula is C22H19N3O3. The summed E-state index contributed by atoms with van der Waals surface area (Å²) in [4.78, 5) is 29.5. The minimum Gasteiger partial charge on any atom is -0.481 e. The highest BCUT2D eigenvalue weighted by atomic mass is 16.5. The molecule has 2 aromatic carbocycles. The number of fused-ring (bicyclic) bond motifs is 2. The molecule has 4 aromatic rings. The quantitative estimate of drug-likeness (QED) is 0.546. The first-order valence-electron chi connectivity index (χ1n) is 8.93. The SMILES string of the molecule is COc1cc(CNC(=O)Cn2c3ccccc3c(=O)c3ccccc32)ccn1. The largest absolute Gasteiger partial charge is 0.481 e. The summed E-state index contributed by atoms with van der Waals surface area (Å²) in [6.07, 6.45) is 1.64. The molecule has 6 heteroatoms. The van der Waals surface area contributed by atoms with E-state index in [0.717, 1.165) is 16.6 Å². The van der Waals surface area contributed by atoms with Gasteiger partial charge >= 0.3 is 0 Å². The molecule has 0 aliphatic heterocycles. The van der Waals surface area contributed by atoms with E-state index in [1.165, 1.54) is 0 Å². The molecule has 2 heterocycles. The molecule has 0 saturated carbocycles. The van der Waals surface area contributed by atoms with Crippen molar-refractivity contribution in [2.75, 3.05) is 7.11 Å². The van der Waals surface area contributed by atoms with Crippen molar-refractivity contribution in [2.24, 2.45) is 0 Å². The van der Waals surface area contributed by atoms with Gasteiger partial charge in [-0.15, -0.1) is 0 Å². The zero-order valence-corrected chi connectivity index (χ0v) is 15.4. The number of para-hydroxylation sites is 2. The molecule has 0 fully saturated rings. The summed E-state index contributed by atoms with van der Waals surface area (Å²) in [5, 5.41) is 4.13. The molecule has 2 aromatic heterocycles. The number of carbonyl (C=O) groups is 1. The standard InChI is InChI=1S/C22H19N3O3/c1-28-21-12-15(10-11-23-21)13-24-20(26)14-25-18-8-4-2-6-16(18)22(27)17-7-3-5-9-19(17)25/h2-12H,13-14H2,1H3,(H,24,26). The smallest absolute Gasteiger partial charge is 0.240 e. The molecule has 0 spiro atoms. The Morgan fingerprint density at radius 3 is 2.32 bits per heavy atom. The molecule has 28 heavy (non-hydrogen) atoms. The van der Waals surface area contributed by atoms with Gasteiger partial charge in [-0.1, -0.05) is 24.3 Å². The zero-order chi connectivity index (χ0) is 19.5. The Balaban J connectivity index is 1.65. The lowest BCUT2D eigenvalue weighted by Crippen LogP contribution is -2.28. The van der Waals surface area contributed by atoms with E-state index in [4.69, 9.17) is 4.74 Å². The lowest BCUT2D eigenvalue weighted by molar-refractivity contribution is -0.121. The van der Waals surface area contributed by atoms with Crippen LogP contribution in [0.2, 0.25) is 0 Å². The van der Waals surface area contributed by atoms with Crippen molar-refractivity contribution in [3.63, 3.8) is 0 Å². The van der Waals surface area contributed by atoms with E-state index in [-0.39, 0.29) is 17.9 Å². The number of nitrogens with one attached hydrogen (secondary N) is 1. The fourth-order valence-corrected chi connectivity index (χ4v) is 3.32. The van der Waals surface area contributed by atoms with Gasteiger partial charge in [0.15, 0.2) is 5.43 Å². The third kappa shape index (κ3) is 3.32. The first-order valence-corrected chi connectivity index (χ1v) is 8.93. The highest BCUT2D eigenvalue weighted by Crippen LogP contribution is 2.19. The van der Waals surface area contributed by atoms with Gasteiger partial charge in [0, 0.05) is 29.6 Å². The van der Waals surface area contributed by atoms with E-state index in [9.17, 15) is 9.59 Å². The Morgan fingerprint density at radius 2 is 1.68 bits per heavy atom. The lowest BCUT2D eigenvalue weighted by atomic mass is 10.1. The molecular weight excluding hydrogens is 354 g/mol. The third-order valence-electron chi connectivity index (χ3n) is 4.68. The predicted molar refractivity (Wildman–Crippen MR) is 108 cm³/mol. The average molecular weight is 373 g/mol. The van der Waals surface area contributed by atoms with Crippen LogP contribution in [0.5, 0.6) is 5.88 Å². The Labute approximate surface area is 161 Å². The van der Waals surface area contributed by atoms with Crippen molar-refractivity contribution in [2.45, 2.75) is 13.1 Å². The van der Waals surface area contributed by atoms with Crippen LogP contribution in [0.3, 0.4) is 0 Å². The van der Waals surface area contributed by atoms with Gasteiger partial charge in [-0.05, 0) is 35.9 Å². The monoisotopic (exact) mass is 373 g/mol. The summed E-state index contributed by atoms with van der Waals surface area (Å²) >= 11 is 0. The van der Waals surface area contributed by atoms with Crippen LogP contribution in [0.25, 0.3) is 21.8 Å².